The second-order valence-electron chi connectivity index (χ2n) is 6.49. The van der Waals surface area contributed by atoms with Crippen molar-refractivity contribution in [2.24, 2.45) is 0 Å². The molecule has 1 aromatic heterocycles. The second kappa shape index (κ2) is 7.64. The molecule has 4 aromatic rings. The number of hydrogen-bond donors (Lipinski definition) is 1. The van der Waals surface area contributed by atoms with Crippen molar-refractivity contribution in [3.8, 4) is 5.75 Å². The summed E-state index contributed by atoms with van der Waals surface area (Å²) in [7, 11) is 1.69. The Hall–Kier alpha value is -3.11. The van der Waals surface area contributed by atoms with Gasteiger partial charge in [0.05, 0.1) is 7.11 Å². The predicted molar refractivity (Wildman–Crippen MR) is 108 cm³/mol. The molecule has 0 spiro atoms. The van der Waals surface area contributed by atoms with Gasteiger partial charge in [-0.25, -0.2) is 4.79 Å². The van der Waals surface area contributed by atoms with E-state index in [1.54, 1.807) is 13.2 Å². The van der Waals surface area contributed by atoms with Crippen LogP contribution in [-0.4, -0.2) is 13.7 Å². The Kier molecular flexibility index (Phi) is 4.90. The summed E-state index contributed by atoms with van der Waals surface area (Å²) < 4.78 is 10.8. The first-order valence-corrected chi connectivity index (χ1v) is 9.03. The Morgan fingerprint density at radius 3 is 2.67 bits per heavy atom. The van der Waals surface area contributed by atoms with Crippen LogP contribution in [0.25, 0.3) is 21.7 Å². The molecule has 3 aromatic carbocycles. The summed E-state index contributed by atoms with van der Waals surface area (Å²) in [6.07, 6.45) is 0.851. The average molecular weight is 359 g/mol. The fourth-order valence-corrected chi connectivity index (χ4v) is 3.52. The molecule has 0 aliphatic carbocycles. The third kappa shape index (κ3) is 3.57. The summed E-state index contributed by atoms with van der Waals surface area (Å²) in [5, 5.41) is 6.68. The van der Waals surface area contributed by atoms with E-state index in [4.69, 9.17) is 9.15 Å². The quantitative estimate of drug-likeness (QED) is 0.317. The van der Waals surface area contributed by atoms with Crippen molar-refractivity contribution >= 4 is 21.7 Å². The molecular formula is C23H21NO3. The zero-order chi connectivity index (χ0) is 18.6. The third-order valence-electron chi connectivity index (χ3n) is 4.79. The zero-order valence-corrected chi connectivity index (χ0v) is 15.2. The minimum atomic E-state index is -0.320. The lowest BCUT2D eigenvalue weighted by molar-refractivity contribution is 0.409. The highest BCUT2D eigenvalue weighted by atomic mass is 16.5. The molecule has 0 amide bonds. The summed E-state index contributed by atoms with van der Waals surface area (Å²) >= 11 is 0. The first-order valence-electron chi connectivity index (χ1n) is 9.03. The molecule has 0 saturated heterocycles. The number of methoxy groups -OCH3 is 1. The van der Waals surface area contributed by atoms with Crippen molar-refractivity contribution in [3.05, 3.63) is 88.3 Å². The molecule has 0 saturated carbocycles. The second-order valence-corrected chi connectivity index (χ2v) is 6.49. The van der Waals surface area contributed by atoms with Gasteiger partial charge in [-0.3, -0.25) is 0 Å². The van der Waals surface area contributed by atoms with Crippen LogP contribution in [0.3, 0.4) is 0 Å². The summed E-state index contributed by atoms with van der Waals surface area (Å²) in [6.45, 7) is 1.39. The van der Waals surface area contributed by atoms with Crippen molar-refractivity contribution in [1.82, 2.24) is 5.32 Å². The van der Waals surface area contributed by atoms with E-state index in [9.17, 15) is 4.79 Å². The summed E-state index contributed by atoms with van der Waals surface area (Å²) in [4.78, 5) is 12.0. The van der Waals surface area contributed by atoms with Crippen LogP contribution in [0, 0.1) is 0 Å². The first kappa shape index (κ1) is 17.3. The minimum absolute atomic E-state index is 0.320. The van der Waals surface area contributed by atoms with E-state index in [1.165, 1.54) is 0 Å². The fraction of sp³-hybridized carbons (Fsp3) is 0.174. The lowest BCUT2D eigenvalue weighted by Crippen LogP contribution is -2.18. The standard InChI is InChI=1S/C23H21NO3/c1-26-20-9-5-3-7-17(20)12-13-24-15-18-14-22(25)27-21-11-10-16-6-2-4-8-19(16)23(18)21/h2-11,14,24H,12-13,15H2,1H3. The van der Waals surface area contributed by atoms with Crippen molar-refractivity contribution < 1.29 is 9.15 Å². The van der Waals surface area contributed by atoms with E-state index in [1.807, 2.05) is 42.5 Å². The molecule has 0 aliphatic rings. The van der Waals surface area contributed by atoms with Crippen molar-refractivity contribution in [2.75, 3.05) is 13.7 Å². The molecule has 0 unspecified atom stereocenters. The molecule has 0 fully saturated rings. The number of rotatable bonds is 6. The van der Waals surface area contributed by atoms with Gasteiger partial charge in [0, 0.05) is 18.0 Å². The molecule has 0 atom stereocenters. The molecule has 4 rings (SSSR count). The normalized spacial score (nSPS) is 11.1. The number of benzene rings is 3. The third-order valence-corrected chi connectivity index (χ3v) is 4.79. The van der Waals surface area contributed by atoms with Crippen molar-refractivity contribution in [3.63, 3.8) is 0 Å². The van der Waals surface area contributed by atoms with Gasteiger partial charge in [-0.05, 0) is 47.0 Å². The van der Waals surface area contributed by atoms with Crippen LogP contribution in [0.15, 0.2) is 75.9 Å². The van der Waals surface area contributed by atoms with Crippen LogP contribution in [-0.2, 0) is 13.0 Å². The average Bonchev–Trinajstić information content (AvgIpc) is 2.70. The Bertz CT molecular complexity index is 1150. The number of para-hydroxylation sites is 1. The van der Waals surface area contributed by atoms with Crippen LogP contribution in [0.5, 0.6) is 5.75 Å². The highest BCUT2D eigenvalue weighted by molar-refractivity contribution is 6.07. The summed E-state index contributed by atoms with van der Waals surface area (Å²) in [5.74, 6) is 0.899. The largest absolute Gasteiger partial charge is 0.496 e. The SMILES string of the molecule is COc1ccccc1CCNCc1cc(=O)oc2ccc3ccccc3c12. The molecule has 4 heteroatoms. The van der Waals surface area contributed by atoms with E-state index in [2.05, 4.69) is 23.5 Å². The number of hydrogen-bond acceptors (Lipinski definition) is 4. The predicted octanol–water partition coefficient (Wildman–Crippen LogP) is 4.29. The first-order chi connectivity index (χ1) is 13.3. The van der Waals surface area contributed by atoms with Crippen LogP contribution < -0.4 is 15.7 Å². The topological polar surface area (TPSA) is 51.5 Å². The van der Waals surface area contributed by atoms with Crippen molar-refractivity contribution in [2.45, 2.75) is 13.0 Å². The van der Waals surface area contributed by atoms with Crippen molar-refractivity contribution in [1.29, 1.82) is 0 Å². The molecule has 1 heterocycles. The van der Waals surface area contributed by atoms with Gasteiger partial charge in [-0.2, -0.15) is 0 Å². The molecule has 0 radical (unpaired) electrons. The molecule has 27 heavy (non-hydrogen) atoms. The van der Waals surface area contributed by atoms with Gasteiger partial charge in [0.2, 0.25) is 0 Å². The summed E-state index contributed by atoms with van der Waals surface area (Å²) in [6, 6.07) is 21.6. The maximum absolute atomic E-state index is 12.0. The highest BCUT2D eigenvalue weighted by Gasteiger charge is 2.09. The molecular weight excluding hydrogens is 338 g/mol. The van der Waals surface area contributed by atoms with E-state index >= 15 is 0 Å². The Labute approximate surface area is 157 Å². The van der Waals surface area contributed by atoms with Crippen LogP contribution in [0.4, 0.5) is 0 Å². The van der Waals surface area contributed by atoms with Gasteiger partial charge in [-0.15, -0.1) is 0 Å². The lowest BCUT2D eigenvalue weighted by atomic mass is 10.0. The molecule has 0 aliphatic heterocycles. The van der Waals surface area contributed by atoms with E-state index in [-0.39, 0.29) is 5.63 Å². The van der Waals surface area contributed by atoms with E-state index in [0.29, 0.717) is 12.1 Å². The van der Waals surface area contributed by atoms with Gasteiger partial charge in [0.25, 0.3) is 0 Å². The molecule has 1 N–H and O–H groups in total. The number of nitrogens with one attached hydrogen (secondary N) is 1. The minimum Gasteiger partial charge on any atom is -0.496 e. The summed E-state index contributed by atoms with van der Waals surface area (Å²) in [5.41, 5.74) is 2.43. The fourth-order valence-electron chi connectivity index (χ4n) is 3.52. The number of ether oxygens (including phenoxy) is 1. The van der Waals surface area contributed by atoms with Gasteiger partial charge in [0.1, 0.15) is 11.3 Å². The highest BCUT2D eigenvalue weighted by Crippen LogP contribution is 2.27. The molecule has 0 bridgehead atoms. The zero-order valence-electron chi connectivity index (χ0n) is 15.2. The van der Waals surface area contributed by atoms with Crippen LogP contribution >= 0.6 is 0 Å². The lowest BCUT2D eigenvalue weighted by Gasteiger charge is -2.11. The Balaban J connectivity index is 1.58. The molecule has 136 valence electrons. The van der Waals surface area contributed by atoms with E-state index < -0.39 is 0 Å². The Morgan fingerprint density at radius 1 is 0.963 bits per heavy atom. The number of fused-ring (bicyclic) bond motifs is 3. The van der Waals surface area contributed by atoms with Gasteiger partial charge >= 0.3 is 5.63 Å². The monoisotopic (exact) mass is 359 g/mol. The Morgan fingerprint density at radius 2 is 1.78 bits per heavy atom. The van der Waals surface area contributed by atoms with Gasteiger partial charge < -0.3 is 14.5 Å². The van der Waals surface area contributed by atoms with Crippen LogP contribution in [0.2, 0.25) is 0 Å². The van der Waals surface area contributed by atoms with Gasteiger partial charge in [0.15, 0.2) is 0 Å². The van der Waals surface area contributed by atoms with Gasteiger partial charge in [-0.1, -0.05) is 48.5 Å². The maximum Gasteiger partial charge on any atom is 0.336 e. The maximum atomic E-state index is 12.0. The smallest absolute Gasteiger partial charge is 0.336 e. The van der Waals surface area contributed by atoms with E-state index in [0.717, 1.165) is 46.0 Å². The molecule has 4 nitrogen and oxygen atoms in total. The van der Waals surface area contributed by atoms with Crippen LogP contribution in [0.1, 0.15) is 11.1 Å².